The topological polar surface area (TPSA) is 49.4 Å². The SMILES string of the molecule is CN(C)C(=O)Cc1ccc(NC(=O)Cc2ccccc2Cl)cc1. The van der Waals surface area contributed by atoms with Crippen LogP contribution in [-0.4, -0.2) is 30.8 Å². The first-order valence-electron chi connectivity index (χ1n) is 7.28. The molecule has 0 aliphatic carbocycles. The van der Waals surface area contributed by atoms with Crippen LogP contribution in [0.1, 0.15) is 11.1 Å². The first kappa shape index (κ1) is 17.0. The average Bonchev–Trinajstić information content (AvgIpc) is 2.51. The van der Waals surface area contributed by atoms with E-state index in [1.54, 1.807) is 37.2 Å². The van der Waals surface area contributed by atoms with E-state index >= 15 is 0 Å². The summed E-state index contributed by atoms with van der Waals surface area (Å²) in [5.41, 5.74) is 2.40. The van der Waals surface area contributed by atoms with Crippen molar-refractivity contribution >= 4 is 29.1 Å². The second-order valence-electron chi connectivity index (χ2n) is 5.48. The van der Waals surface area contributed by atoms with Gasteiger partial charge in [-0.15, -0.1) is 0 Å². The lowest BCUT2D eigenvalue weighted by atomic mass is 10.1. The molecule has 2 amide bonds. The molecular formula is C18H19ClN2O2. The van der Waals surface area contributed by atoms with Gasteiger partial charge in [0.05, 0.1) is 12.8 Å². The maximum Gasteiger partial charge on any atom is 0.228 e. The molecule has 5 heteroatoms. The number of hydrogen-bond acceptors (Lipinski definition) is 2. The Bertz CT molecular complexity index is 696. The highest BCUT2D eigenvalue weighted by Crippen LogP contribution is 2.16. The number of amides is 2. The van der Waals surface area contributed by atoms with Gasteiger partial charge in [0, 0.05) is 24.8 Å². The average molecular weight is 331 g/mol. The molecule has 2 aromatic rings. The molecule has 4 nitrogen and oxygen atoms in total. The number of nitrogens with one attached hydrogen (secondary N) is 1. The van der Waals surface area contributed by atoms with Crippen molar-refractivity contribution in [1.82, 2.24) is 4.90 Å². The van der Waals surface area contributed by atoms with E-state index in [1.165, 1.54) is 0 Å². The van der Waals surface area contributed by atoms with Gasteiger partial charge < -0.3 is 10.2 Å². The largest absolute Gasteiger partial charge is 0.349 e. The van der Waals surface area contributed by atoms with Crippen LogP contribution in [0.5, 0.6) is 0 Å². The molecule has 0 atom stereocenters. The van der Waals surface area contributed by atoms with Gasteiger partial charge in [-0.25, -0.2) is 0 Å². The number of nitrogens with zero attached hydrogens (tertiary/aromatic N) is 1. The molecular weight excluding hydrogens is 312 g/mol. The van der Waals surface area contributed by atoms with Crippen molar-refractivity contribution in [2.24, 2.45) is 0 Å². The van der Waals surface area contributed by atoms with Crippen molar-refractivity contribution in [2.45, 2.75) is 12.8 Å². The summed E-state index contributed by atoms with van der Waals surface area (Å²) in [6.45, 7) is 0. The van der Waals surface area contributed by atoms with Crippen molar-refractivity contribution in [2.75, 3.05) is 19.4 Å². The van der Waals surface area contributed by atoms with Crippen LogP contribution in [-0.2, 0) is 22.4 Å². The van der Waals surface area contributed by atoms with E-state index in [1.807, 2.05) is 30.3 Å². The number of benzene rings is 2. The van der Waals surface area contributed by atoms with Gasteiger partial charge in [0.15, 0.2) is 0 Å². The highest BCUT2D eigenvalue weighted by molar-refractivity contribution is 6.31. The second-order valence-corrected chi connectivity index (χ2v) is 5.89. The van der Waals surface area contributed by atoms with Gasteiger partial charge in [-0.1, -0.05) is 41.9 Å². The number of halogens is 1. The Hall–Kier alpha value is -2.33. The van der Waals surface area contributed by atoms with Gasteiger partial charge >= 0.3 is 0 Å². The summed E-state index contributed by atoms with van der Waals surface area (Å²) in [5, 5.41) is 3.41. The Morgan fingerprint density at radius 3 is 2.26 bits per heavy atom. The van der Waals surface area contributed by atoms with Gasteiger partial charge in [-0.05, 0) is 29.3 Å². The van der Waals surface area contributed by atoms with E-state index in [0.717, 1.165) is 11.1 Å². The lowest BCUT2D eigenvalue weighted by Crippen LogP contribution is -2.23. The Labute approximate surface area is 141 Å². The van der Waals surface area contributed by atoms with Crippen LogP contribution in [0, 0.1) is 0 Å². The molecule has 0 radical (unpaired) electrons. The molecule has 0 fully saturated rings. The Morgan fingerprint density at radius 1 is 1.00 bits per heavy atom. The summed E-state index contributed by atoms with van der Waals surface area (Å²) in [4.78, 5) is 25.3. The molecule has 0 bridgehead atoms. The minimum atomic E-state index is -0.129. The van der Waals surface area contributed by atoms with Crippen LogP contribution in [0.4, 0.5) is 5.69 Å². The zero-order chi connectivity index (χ0) is 16.8. The minimum absolute atomic E-state index is 0.0421. The normalized spacial score (nSPS) is 10.2. The van der Waals surface area contributed by atoms with E-state index in [2.05, 4.69) is 5.32 Å². The van der Waals surface area contributed by atoms with Crippen LogP contribution >= 0.6 is 11.6 Å². The number of anilines is 1. The number of carbonyl (C=O) groups excluding carboxylic acids is 2. The quantitative estimate of drug-likeness (QED) is 0.915. The molecule has 0 saturated heterocycles. The third kappa shape index (κ3) is 5.11. The van der Waals surface area contributed by atoms with Crippen LogP contribution in [0.2, 0.25) is 5.02 Å². The number of hydrogen-bond donors (Lipinski definition) is 1. The third-order valence-corrected chi connectivity index (χ3v) is 3.77. The van der Waals surface area contributed by atoms with E-state index in [0.29, 0.717) is 17.1 Å². The molecule has 2 aromatic carbocycles. The van der Waals surface area contributed by atoms with Crippen molar-refractivity contribution in [3.8, 4) is 0 Å². The first-order chi connectivity index (χ1) is 11.0. The molecule has 0 aliphatic heterocycles. The fourth-order valence-electron chi connectivity index (χ4n) is 2.06. The predicted molar refractivity (Wildman–Crippen MR) is 92.6 cm³/mol. The van der Waals surface area contributed by atoms with Crippen molar-refractivity contribution < 1.29 is 9.59 Å². The molecule has 0 heterocycles. The van der Waals surface area contributed by atoms with Gasteiger partial charge in [0.1, 0.15) is 0 Å². The van der Waals surface area contributed by atoms with Crippen molar-refractivity contribution in [1.29, 1.82) is 0 Å². The van der Waals surface area contributed by atoms with Crippen molar-refractivity contribution in [3.63, 3.8) is 0 Å². The van der Waals surface area contributed by atoms with Gasteiger partial charge in [0.2, 0.25) is 11.8 Å². The molecule has 0 aromatic heterocycles. The molecule has 2 rings (SSSR count). The van der Waals surface area contributed by atoms with Crippen LogP contribution in [0.15, 0.2) is 48.5 Å². The van der Waals surface area contributed by atoms with E-state index in [4.69, 9.17) is 11.6 Å². The molecule has 0 unspecified atom stereocenters. The molecule has 120 valence electrons. The van der Waals surface area contributed by atoms with E-state index in [9.17, 15) is 9.59 Å². The summed E-state index contributed by atoms with van der Waals surface area (Å²) in [6.07, 6.45) is 0.571. The summed E-state index contributed by atoms with van der Waals surface area (Å²) in [7, 11) is 3.46. The predicted octanol–water partition coefficient (Wildman–Crippen LogP) is 3.15. The van der Waals surface area contributed by atoms with Gasteiger partial charge in [-0.3, -0.25) is 9.59 Å². The summed E-state index contributed by atoms with van der Waals surface area (Å²) < 4.78 is 0. The Kier molecular flexibility index (Phi) is 5.77. The second kappa shape index (κ2) is 7.79. The zero-order valence-corrected chi connectivity index (χ0v) is 13.9. The lowest BCUT2D eigenvalue weighted by Gasteiger charge is -2.11. The fraction of sp³-hybridized carbons (Fsp3) is 0.222. The maximum atomic E-state index is 12.1. The lowest BCUT2D eigenvalue weighted by molar-refractivity contribution is -0.128. The zero-order valence-electron chi connectivity index (χ0n) is 13.2. The molecule has 1 N–H and O–H groups in total. The molecule has 0 aliphatic rings. The van der Waals surface area contributed by atoms with Crippen LogP contribution in [0.3, 0.4) is 0 Å². The van der Waals surface area contributed by atoms with E-state index < -0.39 is 0 Å². The Morgan fingerprint density at radius 2 is 1.65 bits per heavy atom. The number of likely N-dealkylation sites (N-methyl/N-ethyl adjacent to an activating group) is 1. The summed E-state index contributed by atoms with van der Waals surface area (Å²) in [6, 6.07) is 14.5. The Balaban J connectivity index is 1.94. The third-order valence-electron chi connectivity index (χ3n) is 3.40. The van der Waals surface area contributed by atoms with Crippen molar-refractivity contribution in [3.05, 3.63) is 64.7 Å². The highest BCUT2D eigenvalue weighted by atomic mass is 35.5. The molecule has 0 spiro atoms. The number of carbonyl (C=O) groups is 2. The molecule has 0 saturated carbocycles. The van der Waals surface area contributed by atoms with Crippen LogP contribution in [0.25, 0.3) is 0 Å². The molecule has 23 heavy (non-hydrogen) atoms. The first-order valence-corrected chi connectivity index (χ1v) is 7.66. The standard InChI is InChI=1S/C18H19ClN2O2/c1-21(2)18(23)11-13-7-9-15(10-8-13)20-17(22)12-14-5-3-4-6-16(14)19/h3-10H,11-12H2,1-2H3,(H,20,22). The van der Waals surface area contributed by atoms with Crippen LogP contribution < -0.4 is 5.32 Å². The van der Waals surface area contributed by atoms with Gasteiger partial charge in [-0.2, -0.15) is 0 Å². The minimum Gasteiger partial charge on any atom is -0.349 e. The smallest absolute Gasteiger partial charge is 0.228 e. The monoisotopic (exact) mass is 330 g/mol. The summed E-state index contributed by atoms with van der Waals surface area (Å²) in [5.74, 6) is -0.0873. The van der Waals surface area contributed by atoms with Gasteiger partial charge in [0.25, 0.3) is 0 Å². The number of rotatable bonds is 5. The summed E-state index contributed by atoms with van der Waals surface area (Å²) >= 11 is 6.05. The van der Waals surface area contributed by atoms with E-state index in [-0.39, 0.29) is 18.2 Å². The fourth-order valence-corrected chi connectivity index (χ4v) is 2.26. The highest BCUT2D eigenvalue weighted by Gasteiger charge is 2.08. The maximum absolute atomic E-state index is 12.1.